The predicted molar refractivity (Wildman–Crippen MR) is 67.3 cm³/mol. The van der Waals surface area contributed by atoms with E-state index in [4.69, 9.17) is 9.47 Å². The van der Waals surface area contributed by atoms with Gasteiger partial charge in [-0.2, -0.15) is 0 Å². The van der Waals surface area contributed by atoms with Gasteiger partial charge in [0.2, 0.25) is 5.91 Å². The summed E-state index contributed by atoms with van der Waals surface area (Å²) in [5, 5.41) is 2.65. The topological polar surface area (TPSA) is 73.3 Å². The molecular formula is C12H19N3O3. The molecule has 0 radical (unpaired) electrons. The number of carbonyl (C=O) groups excluding carboxylic acids is 1. The standard InChI is InChI=1S/C12H19N3O3/c1-9-6-14-11(7-13-9)15-12(16)4-5-18-10(2)8-17-3/h6-7,10H,4-5,8H2,1-3H3,(H,14,15,16)/t10-/m1/s1. The van der Waals surface area contributed by atoms with Crippen LogP contribution in [0.25, 0.3) is 0 Å². The summed E-state index contributed by atoms with van der Waals surface area (Å²) in [7, 11) is 1.61. The van der Waals surface area contributed by atoms with E-state index in [1.54, 1.807) is 13.3 Å². The van der Waals surface area contributed by atoms with Crippen LogP contribution in [0.4, 0.5) is 5.82 Å². The first kappa shape index (κ1) is 14.5. The molecule has 0 aromatic carbocycles. The second-order valence-electron chi connectivity index (χ2n) is 3.98. The average molecular weight is 253 g/mol. The van der Waals surface area contributed by atoms with Gasteiger partial charge >= 0.3 is 0 Å². The average Bonchev–Trinajstić information content (AvgIpc) is 2.32. The minimum Gasteiger partial charge on any atom is -0.382 e. The molecule has 1 rings (SSSR count). The summed E-state index contributed by atoms with van der Waals surface area (Å²) in [6.45, 7) is 4.61. The summed E-state index contributed by atoms with van der Waals surface area (Å²) in [6, 6.07) is 0. The lowest BCUT2D eigenvalue weighted by Gasteiger charge is -2.11. The fourth-order valence-corrected chi connectivity index (χ4v) is 1.30. The molecular weight excluding hydrogens is 234 g/mol. The van der Waals surface area contributed by atoms with Crippen molar-refractivity contribution in [2.75, 3.05) is 25.6 Å². The first-order valence-electron chi connectivity index (χ1n) is 5.81. The Balaban J connectivity index is 2.23. The van der Waals surface area contributed by atoms with Crippen molar-refractivity contribution in [3.63, 3.8) is 0 Å². The molecule has 1 aromatic heterocycles. The monoisotopic (exact) mass is 253 g/mol. The van der Waals surface area contributed by atoms with Crippen LogP contribution in [-0.4, -0.2) is 42.3 Å². The lowest BCUT2D eigenvalue weighted by Crippen LogP contribution is -2.20. The summed E-state index contributed by atoms with van der Waals surface area (Å²) in [5.74, 6) is 0.313. The van der Waals surface area contributed by atoms with Gasteiger partial charge < -0.3 is 14.8 Å². The molecule has 1 heterocycles. The summed E-state index contributed by atoms with van der Waals surface area (Å²) < 4.78 is 10.3. The maximum Gasteiger partial charge on any atom is 0.227 e. The molecule has 0 aliphatic rings. The van der Waals surface area contributed by atoms with Crippen LogP contribution in [0, 0.1) is 6.92 Å². The first-order chi connectivity index (χ1) is 8.61. The van der Waals surface area contributed by atoms with E-state index in [9.17, 15) is 4.79 Å². The molecule has 0 bridgehead atoms. The molecule has 1 atom stereocenters. The number of aromatic nitrogens is 2. The molecule has 0 unspecified atom stereocenters. The number of carbonyl (C=O) groups is 1. The van der Waals surface area contributed by atoms with E-state index in [1.807, 2.05) is 13.8 Å². The van der Waals surface area contributed by atoms with E-state index in [2.05, 4.69) is 15.3 Å². The highest BCUT2D eigenvalue weighted by Gasteiger charge is 2.06. The molecule has 0 saturated heterocycles. The summed E-state index contributed by atoms with van der Waals surface area (Å²) in [5.41, 5.74) is 0.810. The Kier molecular flexibility index (Phi) is 6.24. The summed E-state index contributed by atoms with van der Waals surface area (Å²) in [6.07, 6.45) is 3.40. The van der Waals surface area contributed by atoms with Crippen LogP contribution >= 0.6 is 0 Å². The maximum atomic E-state index is 11.5. The van der Waals surface area contributed by atoms with Crippen molar-refractivity contribution in [2.45, 2.75) is 26.4 Å². The fraction of sp³-hybridized carbons (Fsp3) is 0.583. The number of nitrogens with one attached hydrogen (secondary N) is 1. The minimum absolute atomic E-state index is 0.0121. The number of amides is 1. The van der Waals surface area contributed by atoms with Crippen molar-refractivity contribution >= 4 is 11.7 Å². The first-order valence-corrected chi connectivity index (χ1v) is 5.81. The number of anilines is 1. The van der Waals surface area contributed by atoms with Gasteiger partial charge in [-0.15, -0.1) is 0 Å². The van der Waals surface area contributed by atoms with E-state index in [-0.39, 0.29) is 18.4 Å². The number of ether oxygens (including phenoxy) is 2. The SMILES string of the molecule is COC[C@@H](C)OCCC(=O)Nc1cnc(C)cn1. The highest BCUT2D eigenvalue weighted by molar-refractivity contribution is 5.89. The van der Waals surface area contributed by atoms with Crippen LogP contribution in [-0.2, 0) is 14.3 Å². The Morgan fingerprint density at radius 1 is 1.44 bits per heavy atom. The molecule has 18 heavy (non-hydrogen) atoms. The van der Waals surface area contributed by atoms with Crippen LogP contribution in [0.2, 0.25) is 0 Å². The lowest BCUT2D eigenvalue weighted by molar-refractivity contribution is -0.117. The van der Waals surface area contributed by atoms with Crippen LogP contribution in [0.15, 0.2) is 12.4 Å². The zero-order valence-electron chi connectivity index (χ0n) is 11.0. The molecule has 1 amide bonds. The van der Waals surface area contributed by atoms with Gasteiger partial charge in [0.15, 0.2) is 5.82 Å². The normalized spacial score (nSPS) is 12.2. The number of hydrogen-bond donors (Lipinski definition) is 1. The van der Waals surface area contributed by atoms with Gasteiger partial charge in [-0.3, -0.25) is 9.78 Å². The Morgan fingerprint density at radius 2 is 2.22 bits per heavy atom. The van der Waals surface area contributed by atoms with Crippen LogP contribution < -0.4 is 5.32 Å². The van der Waals surface area contributed by atoms with Gasteiger partial charge in [-0.25, -0.2) is 4.98 Å². The summed E-state index contributed by atoms with van der Waals surface area (Å²) in [4.78, 5) is 19.6. The Hall–Kier alpha value is -1.53. The third-order valence-electron chi connectivity index (χ3n) is 2.18. The molecule has 6 heteroatoms. The zero-order chi connectivity index (χ0) is 13.4. The quantitative estimate of drug-likeness (QED) is 0.789. The fourth-order valence-electron chi connectivity index (χ4n) is 1.30. The van der Waals surface area contributed by atoms with Gasteiger partial charge in [-0.05, 0) is 13.8 Å². The zero-order valence-corrected chi connectivity index (χ0v) is 11.0. The highest BCUT2D eigenvalue weighted by Crippen LogP contribution is 2.01. The lowest BCUT2D eigenvalue weighted by atomic mass is 10.4. The summed E-state index contributed by atoms with van der Waals surface area (Å²) >= 11 is 0. The van der Waals surface area contributed by atoms with Gasteiger partial charge in [0.1, 0.15) is 0 Å². The Morgan fingerprint density at radius 3 is 2.83 bits per heavy atom. The molecule has 0 saturated carbocycles. The van der Waals surface area contributed by atoms with Gasteiger partial charge in [-0.1, -0.05) is 0 Å². The number of rotatable bonds is 7. The van der Waals surface area contributed by atoms with E-state index in [0.29, 0.717) is 19.0 Å². The van der Waals surface area contributed by atoms with Crippen molar-refractivity contribution in [3.8, 4) is 0 Å². The van der Waals surface area contributed by atoms with Crippen molar-refractivity contribution in [3.05, 3.63) is 18.1 Å². The Bertz CT molecular complexity index is 367. The smallest absolute Gasteiger partial charge is 0.227 e. The van der Waals surface area contributed by atoms with E-state index >= 15 is 0 Å². The molecule has 0 spiro atoms. The van der Waals surface area contributed by atoms with Gasteiger partial charge in [0.25, 0.3) is 0 Å². The maximum absolute atomic E-state index is 11.5. The molecule has 0 fully saturated rings. The number of nitrogens with zero attached hydrogens (tertiary/aromatic N) is 2. The van der Waals surface area contributed by atoms with Crippen LogP contribution in [0.5, 0.6) is 0 Å². The molecule has 6 nitrogen and oxygen atoms in total. The Labute approximate surface area is 107 Å². The number of aryl methyl sites for hydroxylation is 1. The van der Waals surface area contributed by atoms with Crippen molar-refractivity contribution in [1.29, 1.82) is 0 Å². The van der Waals surface area contributed by atoms with Crippen molar-refractivity contribution in [2.24, 2.45) is 0 Å². The van der Waals surface area contributed by atoms with E-state index in [0.717, 1.165) is 5.69 Å². The number of hydrogen-bond acceptors (Lipinski definition) is 5. The van der Waals surface area contributed by atoms with E-state index in [1.165, 1.54) is 6.20 Å². The van der Waals surface area contributed by atoms with Crippen LogP contribution in [0.3, 0.4) is 0 Å². The van der Waals surface area contributed by atoms with Crippen molar-refractivity contribution < 1.29 is 14.3 Å². The van der Waals surface area contributed by atoms with Gasteiger partial charge in [0.05, 0.1) is 43.8 Å². The second-order valence-corrected chi connectivity index (χ2v) is 3.98. The molecule has 0 aliphatic heterocycles. The largest absolute Gasteiger partial charge is 0.382 e. The van der Waals surface area contributed by atoms with E-state index < -0.39 is 0 Å². The molecule has 100 valence electrons. The molecule has 0 aliphatic carbocycles. The highest BCUT2D eigenvalue weighted by atomic mass is 16.5. The predicted octanol–water partition coefficient (Wildman–Crippen LogP) is 1.17. The third-order valence-corrected chi connectivity index (χ3v) is 2.18. The van der Waals surface area contributed by atoms with Gasteiger partial charge in [0, 0.05) is 7.11 Å². The second kappa shape index (κ2) is 7.73. The number of methoxy groups -OCH3 is 1. The third kappa shape index (κ3) is 5.70. The van der Waals surface area contributed by atoms with Crippen molar-refractivity contribution in [1.82, 2.24) is 9.97 Å². The van der Waals surface area contributed by atoms with Crippen LogP contribution in [0.1, 0.15) is 19.0 Å². The molecule has 1 N–H and O–H groups in total. The molecule has 1 aromatic rings. The minimum atomic E-state index is -0.141.